The normalized spacial score (nSPS) is 14.8. The number of rotatable bonds is 2. The monoisotopic (exact) mass is 245 g/mol. The fourth-order valence-electron chi connectivity index (χ4n) is 2.78. The highest BCUT2D eigenvalue weighted by molar-refractivity contribution is 5.49. The molecule has 1 aliphatic carbocycles. The lowest BCUT2D eigenvalue weighted by molar-refractivity contribution is 0.652. The summed E-state index contributed by atoms with van der Waals surface area (Å²) < 4.78 is 3.86. The minimum Gasteiger partial charge on any atom is -0.382 e. The summed E-state index contributed by atoms with van der Waals surface area (Å²) in [5, 5.41) is 9.00. The smallest absolute Gasteiger partial charge is 0.149 e. The van der Waals surface area contributed by atoms with Gasteiger partial charge in [-0.3, -0.25) is 4.68 Å². The van der Waals surface area contributed by atoms with Gasteiger partial charge in [-0.1, -0.05) is 6.92 Å². The standard InChI is InChI=1S/C13H19N5/c1-3-10-12(8-17(2)15-10)18-11-7-5-4-6-9(11)13(14)16-18/h8H,3-7H2,1-2H3,(H2,14,16). The number of aryl methyl sites for hydroxylation is 2. The first-order chi connectivity index (χ1) is 8.70. The van der Waals surface area contributed by atoms with E-state index in [4.69, 9.17) is 5.73 Å². The molecule has 3 rings (SSSR count). The second kappa shape index (κ2) is 4.15. The summed E-state index contributed by atoms with van der Waals surface area (Å²) in [4.78, 5) is 0. The lowest BCUT2D eigenvalue weighted by Crippen LogP contribution is -2.08. The molecule has 0 aromatic carbocycles. The largest absolute Gasteiger partial charge is 0.382 e. The molecule has 0 radical (unpaired) electrons. The summed E-state index contributed by atoms with van der Waals surface area (Å²) in [6.45, 7) is 2.12. The fraction of sp³-hybridized carbons (Fsp3) is 0.538. The van der Waals surface area contributed by atoms with Crippen LogP contribution in [0.15, 0.2) is 6.20 Å². The Balaban J connectivity index is 2.16. The van der Waals surface area contributed by atoms with Gasteiger partial charge in [0.1, 0.15) is 11.5 Å². The van der Waals surface area contributed by atoms with Crippen LogP contribution in [-0.2, 0) is 26.3 Å². The van der Waals surface area contributed by atoms with E-state index in [9.17, 15) is 0 Å². The van der Waals surface area contributed by atoms with Gasteiger partial charge in [-0.2, -0.15) is 10.2 Å². The van der Waals surface area contributed by atoms with Crippen molar-refractivity contribution in [1.82, 2.24) is 19.6 Å². The van der Waals surface area contributed by atoms with Crippen LogP contribution in [0.4, 0.5) is 5.82 Å². The lowest BCUT2D eigenvalue weighted by Gasteiger charge is -2.13. The van der Waals surface area contributed by atoms with Crippen LogP contribution in [0.25, 0.3) is 5.69 Å². The highest BCUT2D eigenvalue weighted by atomic mass is 15.4. The first-order valence-corrected chi connectivity index (χ1v) is 6.59. The van der Waals surface area contributed by atoms with Crippen LogP contribution in [0.5, 0.6) is 0 Å². The van der Waals surface area contributed by atoms with E-state index in [2.05, 4.69) is 17.1 Å². The highest BCUT2D eigenvalue weighted by Crippen LogP contribution is 2.28. The maximum absolute atomic E-state index is 6.04. The molecule has 1 aliphatic rings. The molecule has 96 valence electrons. The third kappa shape index (κ3) is 1.62. The molecule has 5 heteroatoms. The molecule has 2 N–H and O–H groups in total. The van der Waals surface area contributed by atoms with Crippen molar-refractivity contribution in [1.29, 1.82) is 0 Å². The predicted octanol–water partition coefficient (Wildman–Crippen LogP) is 1.63. The maximum atomic E-state index is 6.04. The van der Waals surface area contributed by atoms with Crippen LogP contribution >= 0.6 is 0 Å². The zero-order valence-electron chi connectivity index (χ0n) is 11.0. The van der Waals surface area contributed by atoms with E-state index in [1.807, 2.05) is 22.6 Å². The summed E-state index contributed by atoms with van der Waals surface area (Å²) >= 11 is 0. The molecule has 2 heterocycles. The number of aromatic nitrogens is 4. The first kappa shape index (κ1) is 11.3. The number of fused-ring (bicyclic) bond motifs is 1. The summed E-state index contributed by atoms with van der Waals surface area (Å²) in [5.41, 5.74) is 10.7. The van der Waals surface area contributed by atoms with E-state index in [0.29, 0.717) is 5.82 Å². The zero-order chi connectivity index (χ0) is 12.7. The minimum atomic E-state index is 0.690. The average molecular weight is 245 g/mol. The third-order valence-electron chi connectivity index (χ3n) is 3.66. The Morgan fingerprint density at radius 1 is 1.28 bits per heavy atom. The van der Waals surface area contributed by atoms with E-state index in [-0.39, 0.29) is 0 Å². The van der Waals surface area contributed by atoms with Crippen molar-refractivity contribution in [2.75, 3.05) is 5.73 Å². The van der Waals surface area contributed by atoms with Gasteiger partial charge in [0.25, 0.3) is 0 Å². The molecule has 0 saturated heterocycles. The van der Waals surface area contributed by atoms with Crippen LogP contribution in [-0.4, -0.2) is 19.6 Å². The number of hydrogen-bond acceptors (Lipinski definition) is 3. The van der Waals surface area contributed by atoms with E-state index in [1.165, 1.54) is 24.1 Å². The van der Waals surface area contributed by atoms with Crippen molar-refractivity contribution in [3.8, 4) is 5.69 Å². The van der Waals surface area contributed by atoms with E-state index in [0.717, 1.165) is 30.6 Å². The molecule has 0 fully saturated rings. The number of hydrogen-bond donors (Lipinski definition) is 1. The second-order valence-electron chi connectivity index (χ2n) is 4.92. The van der Waals surface area contributed by atoms with Gasteiger partial charge in [-0.25, -0.2) is 4.68 Å². The van der Waals surface area contributed by atoms with E-state index < -0.39 is 0 Å². The van der Waals surface area contributed by atoms with Crippen molar-refractivity contribution in [2.45, 2.75) is 39.0 Å². The van der Waals surface area contributed by atoms with Gasteiger partial charge in [0.05, 0.1) is 11.9 Å². The van der Waals surface area contributed by atoms with Crippen molar-refractivity contribution < 1.29 is 0 Å². The lowest BCUT2D eigenvalue weighted by atomic mass is 9.97. The van der Waals surface area contributed by atoms with Crippen LogP contribution < -0.4 is 5.73 Å². The molecule has 0 spiro atoms. The molecule has 0 atom stereocenters. The maximum Gasteiger partial charge on any atom is 0.149 e. The number of nitrogens with two attached hydrogens (primary N) is 1. The number of anilines is 1. The molecule has 2 aromatic rings. The Morgan fingerprint density at radius 2 is 2.06 bits per heavy atom. The number of nitrogens with zero attached hydrogens (tertiary/aromatic N) is 4. The topological polar surface area (TPSA) is 61.7 Å². The van der Waals surface area contributed by atoms with Gasteiger partial charge < -0.3 is 5.73 Å². The molecule has 18 heavy (non-hydrogen) atoms. The molecular formula is C13H19N5. The van der Waals surface area contributed by atoms with E-state index >= 15 is 0 Å². The third-order valence-corrected chi connectivity index (χ3v) is 3.66. The fourth-order valence-corrected chi connectivity index (χ4v) is 2.78. The van der Waals surface area contributed by atoms with Crippen LogP contribution in [0, 0.1) is 0 Å². The zero-order valence-corrected chi connectivity index (χ0v) is 11.0. The van der Waals surface area contributed by atoms with Gasteiger partial charge in [-0.15, -0.1) is 0 Å². The Labute approximate surface area is 107 Å². The molecular weight excluding hydrogens is 226 g/mol. The summed E-state index contributed by atoms with van der Waals surface area (Å²) in [6.07, 6.45) is 7.50. The van der Waals surface area contributed by atoms with Gasteiger partial charge in [0.2, 0.25) is 0 Å². The molecule has 0 unspecified atom stereocenters. The molecule has 2 aromatic heterocycles. The number of nitrogen functional groups attached to an aromatic ring is 1. The van der Waals surface area contributed by atoms with Crippen LogP contribution in [0.2, 0.25) is 0 Å². The van der Waals surface area contributed by atoms with E-state index in [1.54, 1.807) is 0 Å². The Morgan fingerprint density at radius 3 is 2.83 bits per heavy atom. The molecule has 5 nitrogen and oxygen atoms in total. The van der Waals surface area contributed by atoms with Crippen molar-refractivity contribution in [2.24, 2.45) is 7.05 Å². The summed E-state index contributed by atoms with van der Waals surface area (Å²) in [7, 11) is 1.95. The van der Waals surface area contributed by atoms with Crippen LogP contribution in [0.1, 0.15) is 36.7 Å². The van der Waals surface area contributed by atoms with Crippen molar-refractivity contribution in [3.63, 3.8) is 0 Å². The Hall–Kier alpha value is -1.78. The molecule has 0 amide bonds. The van der Waals surface area contributed by atoms with Crippen LogP contribution in [0.3, 0.4) is 0 Å². The van der Waals surface area contributed by atoms with Crippen molar-refractivity contribution >= 4 is 5.82 Å². The predicted molar refractivity (Wildman–Crippen MR) is 70.8 cm³/mol. The Kier molecular flexibility index (Phi) is 2.61. The first-order valence-electron chi connectivity index (χ1n) is 6.59. The molecule has 0 saturated carbocycles. The summed E-state index contributed by atoms with van der Waals surface area (Å²) in [5.74, 6) is 0.690. The highest BCUT2D eigenvalue weighted by Gasteiger charge is 2.22. The van der Waals surface area contributed by atoms with Gasteiger partial charge in [0.15, 0.2) is 0 Å². The molecule has 0 aliphatic heterocycles. The van der Waals surface area contributed by atoms with Crippen molar-refractivity contribution in [3.05, 3.63) is 23.1 Å². The van der Waals surface area contributed by atoms with Gasteiger partial charge in [0, 0.05) is 18.3 Å². The van der Waals surface area contributed by atoms with Gasteiger partial charge in [-0.05, 0) is 32.1 Å². The Bertz CT molecular complexity index is 578. The minimum absolute atomic E-state index is 0.690. The quantitative estimate of drug-likeness (QED) is 0.874. The summed E-state index contributed by atoms with van der Waals surface area (Å²) in [6, 6.07) is 0. The SMILES string of the molecule is CCc1nn(C)cc1-n1nc(N)c2c1CCCC2. The second-order valence-corrected chi connectivity index (χ2v) is 4.92. The molecule has 0 bridgehead atoms. The van der Waals surface area contributed by atoms with Gasteiger partial charge >= 0.3 is 0 Å². The average Bonchev–Trinajstić information content (AvgIpc) is 2.91.